The standard InChI is InChI=1S/C19H23N3O3S/c1-21(14-10-16-8-11-20-12-9-16)19(23)17-4-6-18(7-5-17)22-13-2-3-15-26(22,24)25/h4-9,11-12H,2-3,10,13-15H2,1H3. The summed E-state index contributed by atoms with van der Waals surface area (Å²) >= 11 is 0. The predicted octanol–water partition coefficient (Wildman–Crippen LogP) is 2.33. The molecule has 1 aromatic heterocycles. The van der Waals surface area contributed by atoms with Crippen LogP contribution in [-0.2, 0) is 16.4 Å². The number of hydrogen-bond donors (Lipinski definition) is 0. The van der Waals surface area contributed by atoms with Crippen LogP contribution in [0.3, 0.4) is 0 Å². The molecule has 6 nitrogen and oxygen atoms in total. The Kier molecular flexibility index (Phi) is 5.56. The van der Waals surface area contributed by atoms with Crippen molar-refractivity contribution in [3.05, 3.63) is 59.9 Å². The summed E-state index contributed by atoms with van der Waals surface area (Å²) in [5, 5.41) is 0. The van der Waals surface area contributed by atoms with Gasteiger partial charge in [-0.05, 0) is 61.2 Å². The number of amides is 1. The topological polar surface area (TPSA) is 70.6 Å². The second kappa shape index (κ2) is 7.86. The van der Waals surface area contributed by atoms with Crippen LogP contribution in [0.5, 0.6) is 0 Å². The van der Waals surface area contributed by atoms with Crippen LogP contribution in [0.25, 0.3) is 0 Å². The fourth-order valence-electron chi connectivity index (χ4n) is 3.02. The molecule has 0 unspecified atom stereocenters. The Hall–Kier alpha value is -2.41. The Balaban J connectivity index is 1.65. The van der Waals surface area contributed by atoms with Crippen LogP contribution < -0.4 is 4.31 Å². The Morgan fingerprint density at radius 2 is 1.81 bits per heavy atom. The molecule has 7 heteroatoms. The summed E-state index contributed by atoms with van der Waals surface area (Å²) in [6, 6.07) is 10.7. The molecule has 3 rings (SSSR count). The molecule has 1 aromatic carbocycles. The van der Waals surface area contributed by atoms with E-state index in [4.69, 9.17) is 0 Å². The van der Waals surface area contributed by atoms with Crippen molar-refractivity contribution < 1.29 is 13.2 Å². The predicted molar refractivity (Wildman–Crippen MR) is 102 cm³/mol. The lowest BCUT2D eigenvalue weighted by atomic mass is 10.1. The van der Waals surface area contributed by atoms with Crippen LogP contribution in [-0.4, -0.2) is 50.1 Å². The molecule has 0 atom stereocenters. The maximum absolute atomic E-state index is 12.6. The zero-order valence-electron chi connectivity index (χ0n) is 14.8. The van der Waals surface area contributed by atoms with Crippen molar-refractivity contribution in [2.75, 3.05) is 30.2 Å². The van der Waals surface area contributed by atoms with Crippen molar-refractivity contribution in [2.24, 2.45) is 0 Å². The minimum atomic E-state index is -3.23. The molecule has 26 heavy (non-hydrogen) atoms. The van der Waals surface area contributed by atoms with Crippen LogP contribution in [0.1, 0.15) is 28.8 Å². The molecular weight excluding hydrogens is 350 g/mol. The molecule has 2 heterocycles. The van der Waals surface area contributed by atoms with Gasteiger partial charge in [0.1, 0.15) is 0 Å². The van der Waals surface area contributed by atoms with Gasteiger partial charge in [-0.2, -0.15) is 0 Å². The first-order valence-corrected chi connectivity index (χ1v) is 10.3. The van der Waals surface area contributed by atoms with Crippen molar-refractivity contribution in [1.29, 1.82) is 0 Å². The van der Waals surface area contributed by atoms with Gasteiger partial charge < -0.3 is 4.90 Å². The second-order valence-corrected chi connectivity index (χ2v) is 8.49. The molecule has 0 N–H and O–H groups in total. The minimum Gasteiger partial charge on any atom is -0.341 e. The van der Waals surface area contributed by atoms with Gasteiger partial charge in [0, 0.05) is 38.1 Å². The largest absolute Gasteiger partial charge is 0.341 e. The quantitative estimate of drug-likeness (QED) is 0.806. The van der Waals surface area contributed by atoms with E-state index in [1.54, 1.807) is 48.6 Å². The highest BCUT2D eigenvalue weighted by Crippen LogP contribution is 2.24. The summed E-state index contributed by atoms with van der Waals surface area (Å²) in [6.07, 6.45) is 5.80. The van der Waals surface area contributed by atoms with Gasteiger partial charge in [-0.15, -0.1) is 0 Å². The summed E-state index contributed by atoms with van der Waals surface area (Å²) in [4.78, 5) is 18.2. The summed E-state index contributed by atoms with van der Waals surface area (Å²) in [7, 11) is -1.46. The second-order valence-electron chi connectivity index (χ2n) is 6.47. The number of benzene rings is 1. The molecule has 0 saturated carbocycles. The minimum absolute atomic E-state index is 0.0768. The number of carbonyl (C=O) groups excluding carboxylic acids is 1. The van der Waals surface area contributed by atoms with Crippen molar-refractivity contribution in [3.63, 3.8) is 0 Å². The highest BCUT2D eigenvalue weighted by Gasteiger charge is 2.26. The molecule has 0 spiro atoms. The molecule has 138 valence electrons. The number of hydrogen-bond acceptors (Lipinski definition) is 4. The third-order valence-corrected chi connectivity index (χ3v) is 6.45. The first kappa shape index (κ1) is 18.4. The van der Waals surface area contributed by atoms with E-state index < -0.39 is 10.0 Å². The number of aromatic nitrogens is 1. The Morgan fingerprint density at radius 3 is 2.46 bits per heavy atom. The van der Waals surface area contributed by atoms with Crippen LogP contribution in [0, 0.1) is 0 Å². The fraction of sp³-hybridized carbons (Fsp3) is 0.368. The van der Waals surface area contributed by atoms with Gasteiger partial charge >= 0.3 is 0 Å². The summed E-state index contributed by atoms with van der Waals surface area (Å²) < 4.78 is 25.8. The van der Waals surface area contributed by atoms with E-state index in [0.717, 1.165) is 18.4 Å². The van der Waals surface area contributed by atoms with Gasteiger partial charge in [0.15, 0.2) is 0 Å². The van der Waals surface area contributed by atoms with Gasteiger partial charge in [-0.1, -0.05) is 0 Å². The molecule has 1 saturated heterocycles. The van der Waals surface area contributed by atoms with E-state index in [0.29, 0.717) is 30.8 Å². The number of likely N-dealkylation sites (N-methyl/N-ethyl adjacent to an activating group) is 1. The molecule has 0 radical (unpaired) electrons. The molecule has 1 amide bonds. The third-order valence-electron chi connectivity index (χ3n) is 4.58. The van der Waals surface area contributed by atoms with E-state index in [1.807, 2.05) is 12.1 Å². The SMILES string of the molecule is CN(CCc1ccncc1)C(=O)c1ccc(N2CCCCS2(=O)=O)cc1. The van der Waals surface area contributed by atoms with Crippen LogP contribution in [0.4, 0.5) is 5.69 Å². The van der Waals surface area contributed by atoms with Crippen molar-refractivity contribution in [1.82, 2.24) is 9.88 Å². The summed E-state index contributed by atoms with van der Waals surface area (Å²) in [5.41, 5.74) is 2.31. The first-order valence-electron chi connectivity index (χ1n) is 8.72. The summed E-state index contributed by atoms with van der Waals surface area (Å²) in [6.45, 7) is 1.10. The van der Waals surface area contributed by atoms with E-state index in [-0.39, 0.29) is 11.7 Å². The number of anilines is 1. The lowest BCUT2D eigenvalue weighted by Crippen LogP contribution is -2.37. The first-order chi connectivity index (χ1) is 12.5. The number of rotatable bonds is 5. The number of nitrogens with zero attached hydrogens (tertiary/aromatic N) is 3. The molecule has 1 aliphatic rings. The molecular formula is C19H23N3O3S. The van der Waals surface area contributed by atoms with Gasteiger partial charge in [0.2, 0.25) is 10.0 Å². The van der Waals surface area contributed by atoms with Gasteiger partial charge in [0.25, 0.3) is 5.91 Å². The lowest BCUT2D eigenvalue weighted by molar-refractivity contribution is 0.0796. The highest BCUT2D eigenvalue weighted by atomic mass is 32.2. The molecule has 1 fully saturated rings. The van der Waals surface area contributed by atoms with Gasteiger partial charge in [-0.3, -0.25) is 14.1 Å². The van der Waals surface area contributed by atoms with Crippen molar-refractivity contribution in [3.8, 4) is 0 Å². The molecule has 0 aliphatic carbocycles. The van der Waals surface area contributed by atoms with E-state index in [9.17, 15) is 13.2 Å². The number of sulfonamides is 1. The zero-order chi connectivity index (χ0) is 18.6. The maximum atomic E-state index is 12.6. The zero-order valence-corrected chi connectivity index (χ0v) is 15.7. The fourth-order valence-corrected chi connectivity index (χ4v) is 4.66. The molecule has 2 aromatic rings. The van der Waals surface area contributed by atoms with Gasteiger partial charge in [0.05, 0.1) is 11.4 Å². The number of carbonyl (C=O) groups is 1. The maximum Gasteiger partial charge on any atom is 0.253 e. The Bertz CT molecular complexity index is 851. The van der Waals surface area contributed by atoms with Crippen LogP contribution in [0.15, 0.2) is 48.8 Å². The average molecular weight is 373 g/mol. The van der Waals surface area contributed by atoms with Crippen LogP contribution >= 0.6 is 0 Å². The normalized spacial score (nSPS) is 16.3. The monoisotopic (exact) mass is 373 g/mol. The van der Waals surface area contributed by atoms with Crippen molar-refractivity contribution >= 4 is 21.6 Å². The third kappa shape index (κ3) is 4.22. The van der Waals surface area contributed by atoms with Crippen LogP contribution in [0.2, 0.25) is 0 Å². The summed E-state index contributed by atoms with van der Waals surface area (Å²) in [5.74, 6) is 0.109. The molecule has 1 aliphatic heterocycles. The Labute approximate surface area is 154 Å². The average Bonchev–Trinajstić information content (AvgIpc) is 2.66. The smallest absolute Gasteiger partial charge is 0.253 e. The van der Waals surface area contributed by atoms with E-state index in [1.165, 1.54) is 4.31 Å². The lowest BCUT2D eigenvalue weighted by Gasteiger charge is -2.28. The van der Waals surface area contributed by atoms with E-state index >= 15 is 0 Å². The number of pyridine rings is 1. The Morgan fingerprint density at radius 1 is 1.12 bits per heavy atom. The van der Waals surface area contributed by atoms with E-state index in [2.05, 4.69) is 4.98 Å². The molecule has 0 bridgehead atoms. The van der Waals surface area contributed by atoms with Gasteiger partial charge in [-0.25, -0.2) is 8.42 Å². The van der Waals surface area contributed by atoms with Crippen molar-refractivity contribution in [2.45, 2.75) is 19.3 Å². The highest BCUT2D eigenvalue weighted by molar-refractivity contribution is 7.92.